The van der Waals surface area contributed by atoms with Crippen LogP contribution in [0.15, 0.2) is 4.52 Å². The van der Waals surface area contributed by atoms with Crippen LogP contribution in [0.4, 0.5) is 5.13 Å². The summed E-state index contributed by atoms with van der Waals surface area (Å²) in [6.07, 6.45) is 3.01. The van der Waals surface area contributed by atoms with Crippen molar-refractivity contribution in [2.75, 3.05) is 11.9 Å². The van der Waals surface area contributed by atoms with Gasteiger partial charge in [0, 0.05) is 18.6 Å². The molecule has 1 amide bonds. The molecule has 0 aromatic carbocycles. The van der Waals surface area contributed by atoms with E-state index in [0.29, 0.717) is 18.0 Å². The number of nitrogens with zero attached hydrogens (tertiary/aromatic N) is 3. The minimum atomic E-state index is -0.0879. The monoisotopic (exact) mass is 322 g/mol. The molecule has 1 aliphatic rings. The van der Waals surface area contributed by atoms with Gasteiger partial charge in [0.25, 0.3) is 0 Å². The number of aromatic nitrogens is 3. The Balaban J connectivity index is 1.53. The van der Waals surface area contributed by atoms with Gasteiger partial charge in [0.1, 0.15) is 16.9 Å². The van der Waals surface area contributed by atoms with E-state index in [-0.39, 0.29) is 12.0 Å². The van der Waals surface area contributed by atoms with E-state index in [1.165, 1.54) is 11.3 Å². The largest absolute Gasteiger partial charge is 0.371 e. The van der Waals surface area contributed by atoms with Crippen LogP contribution in [-0.4, -0.2) is 27.9 Å². The van der Waals surface area contributed by atoms with Crippen molar-refractivity contribution in [2.45, 2.75) is 45.6 Å². The zero-order valence-corrected chi connectivity index (χ0v) is 13.4. The van der Waals surface area contributed by atoms with E-state index in [1.807, 2.05) is 13.8 Å². The number of nitrogens with one attached hydrogen (secondary N) is 1. The summed E-state index contributed by atoms with van der Waals surface area (Å²) in [6, 6.07) is 0. The molecule has 0 spiro atoms. The highest BCUT2D eigenvalue weighted by atomic mass is 32.1. The molecule has 22 heavy (non-hydrogen) atoms. The van der Waals surface area contributed by atoms with Crippen LogP contribution in [0.2, 0.25) is 0 Å². The van der Waals surface area contributed by atoms with E-state index in [2.05, 4.69) is 20.7 Å². The summed E-state index contributed by atoms with van der Waals surface area (Å²) in [5.74, 6) is 0.678. The predicted molar refractivity (Wildman–Crippen MR) is 80.8 cm³/mol. The summed E-state index contributed by atoms with van der Waals surface area (Å²) in [5, 5.41) is 16.1. The predicted octanol–water partition coefficient (Wildman–Crippen LogP) is 2.57. The first kappa shape index (κ1) is 15.1. The molecule has 0 radical (unpaired) electrons. The summed E-state index contributed by atoms with van der Waals surface area (Å²) in [7, 11) is 0. The Bertz CT molecular complexity index is 641. The topological polar surface area (TPSA) is 90.1 Å². The third kappa shape index (κ3) is 3.33. The van der Waals surface area contributed by atoms with Gasteiger partial charge in [0.2, 0.25) is 11.0 Å². The lowest BCUT2D eigenvalue weighted by molar-refractivity contribution is -0.116. The van der Waals surface area contributed by atoms with Crippen LogP contribution in [0.5, 0.6) is 0 Å². The number of ether oxygens (including phenoxy) is 1. The Hall–Kier alpha value is -1.80. The average Bonchev–Trinajstić information content (AvgIpc) is 3.20. The first-order chi connectivity index (χ1) is 10.6. The van der Waals surface area contributed by atoms with Crippen LogP contribution in [-0.2, 0) is 16.0 Å². The van der Waals surface area contributed by atoms with Gasteiger partial charge in [-0.05, 0) is 33.1 Å². The molecule has 0 unspecified atom stereocenters. The molecule has 2 aromatic heterocycles. The summed E-state index contributed by atoms with van der Waals surface area (Å²) in [5.41, 5.74) is 1.83. The molecule has 3 rings (SSSR count). The third-order valence-corrected chi connectivity index (χ3v) is 4.61. The Kier molecular flexibility index (Phi) is 4.49. The number of amides is 1. The van der Waals surface area contributed by atoms with E-state index in [0.717, 1.165) is 41.5 Å². The third-order valence-electron chi connectivity index (χ3n) is 3.68. The van der Waals surface area contributed by atoms with Gasteiger partial charge in [-0.15, -0.1) is 10.2 Å². The molecule has 1 atom stereocenters. The second-order valence-electron chi connectivity index (χ2n) is 5.30. The lowest BCUT2D eigenvalue weighted by Gasteiger charge is -2.02. The maximum absolute atomic E-state index is 12.0. The highest BCUT2D eigenvalue weighted by Gasteiger charge is 2.22. The molecule has 1 fully saturated rings. The van der Waals surface area contributed by atoms with Crippen LogP contribution in [0, 0.1) is 13.8 Å². The molecule has 0 aliphatic carbocycles. The van der Waals surface area contributed by atoms with Gasteiger partial charge in [0.15, 0.2) is 0 Å². The van der Waals surface area contributed by atoms with Crippen LogP contribution in [0.1, 0.15) is 47.4 Å². The standard InChI is InChI=1S/C14H18N4O3S/c1-8-10(9(2)21-18-8)5-6-12(19)15-14-17-16-13(22-14)11-4-3-7-20-11/h11H,3-7H2,1-2H3,(H,15,17,19)/t11-/m0/s1. The average molecular weight is 322 g/mol. The van der Waals surface area contributed by atoms with E-state index in [9.17, 15) is 4.79 Å². The number of anilines is 1. The normalized spacial score (nSPS) is 17.8. The summed E-state index contributed by atoms with van der Waals surface area (Å²) >= 11 is 1.38. The first-order valence-corrected chi connectivity index (χ1v) is 8.11. The maximum atomic E-state index is 12.0. The summed E-state index contributed by atoms with van der Waals surface area (Å²) in [4.78, 5) is 12.0. The smallest absolute Gasteiger partial charge is 0.226 e. The van der Waals surface area contributed by atoms with Gasteiger partial charge in [-0.25, -0.2) is 0 Å². The van der Waals surface area contributed by atoms with E-state index < -0.39 is 0 Å². The summed E-state index contributed by atoms with van der Waals surface area (Å²) < 4.78 is 10.6. The molecule has 0 bridgehead atoms. The first-order valence-electron chi connectivity index (χ1n) is 7.30. The van der Waals surface area contributed by atoms with Crippen molar-refractivity contribution < 1.29 is 14.1 Å². The number of hydrogen-bond donors (Lipinski definition) is 1. The molecule has 8 heteroatoms. The lowest BCUT2D eigenvalue weighted by atomic mass is 10.1. The van der Waals surface area contributed by atoms with E-state index >= 15 is 0 Å². The molecule has 3 heterocycles. The highest BCUT2D eigenvalue weighted by molar-refractivity contribution is 7.15. The number of carbonyl (C=O) groups is 1. The van der Waals surface area contributed by atoms with Crippen LogP contribution >= 0.6 is 11.3 Å². The van der Waals surface area contributed by atoms with Crippen LogP contribution in [0.3, 0.4) is 0 Å². The van der Waals surface area contributed by atoms with Gasteiger partial charge in [-0.1, -0.05) is 16.5 Å². The Morgan fingerprint density at radius 1 is 1.41 bits per heavy atom. The molecule has 1 N–H and O–H groups in total. The Morgan fingerprint density at radius 3 is 2.95 bits per heavy atom. The van der Waals surface area contributed by atoms with Crippen LogP contribution in [0.25, 0.3) is 0 Å². The van der Waals surface area contributed by atoms with Crippen LogP contribution < -0.4 is 5.32 Å². The van der Waals surface area contributed by atoms with E-state index in [4.69, 9.17) is 9.26 Å². The van der Waals surface area contributed by atoms with Gasteiger partial charge < -0.3 is 14.6 Å². The van der Waals surface area contributed by atoms with Crippen molar-refractivity contribution in [3.63, 3.8) is 0 Å². The number of rotatable bonds is 5. The number of carbonyl (C=O) groups excluding carboxylic acids is 1. The Labute approximate surface area is 132 Å². The minimum Gasteiger partial charge on any atom is -0.371 e. The fourth-order valence-electron chi connectivity index (χ4n) is 2.47. The molecular formula is C14H18N4O3S. The second-order valence-corrected chi connectivity index (χ2v) is 6.31. The second kappa shape index (κ2) is 6.53. The SMILES string of the molecule is Cc1noc(C)c1CCC(=O)Nc1nnc([C@@H]2CCCO2)s1. The van der Waals surface area contributed by atoms with Crippen molar-refractivity contribution in [1.29, 1.82) is 0 Å². The van der Waals surface area contributed by atoms with Crippen molar-refractivity contribution in [3.05, 3.63) is 22.0 Å². The van der Waals surface area contributed by atoms with Crippen molar-refractivity contribution >= 4 is 22.4 Å². The molecule has 1 saturated heterocycles. The number of hydrogen-bond acceptors (Lipinski definition) is 7. The molecule has 7 nitrogen and oxygen atoms in total. The Morgan fingerprint density at radius 2 is 2.27 bits per heavy atom. The quantitative estimate of drug-likeness (QED) is 0.910. The molecule has 1 aliphatic heterocycles. The fraction of sp³-hybridized carbons (Fsp3) is 0.571. The fourth-order valence-corrected chi connectivity index (χ4v) is 3.31. The number of aryl methyl sites for hydroxylation is 2. The highest BCUT2D eigenvalue weighted by Crippen LogP contribution is 2.31. The van der Waals surface area contributed by atoms with E-state index in [1.54, 1.807) is 0 Å². The minimum absolute atomic E-state index is 0.0328. The summed E-state index contributed by atoms with van der Waals surface area (Å²) in [6.45, 7) is 4.50. The molecular weight excluding hydrogens is 304 g/mol. The zero-order chi connectivity index (χ0) is 15.5. The van der Waals surface area contributed by atoms with Crippen molar-refractivity contribution in [2.24, 2.45) is 0 Å². The van der Waals surface area contributed by atoms with Crippen molar-refractivity contribution in [1.82, 2.24) is 15.4 Å². The van der Waals surface area contributed by atoms with Gasteiger partial charge >= 0.3 is 0 Å². The zero-order valence-electron chi connectivity index (χ0n) is 12.6. The lowest BCUT2D eigenvalue weighted by Crippen LogP contribution is -2.12. The molecule has 2 aromatic rings. The molecule has 118 valence electrons. The van der Waals surface area contributed by atoms with Gasteiger partial charge in [-0.3, -0.25) is 4.79 Å². The van der Waals surface area contributed by atoms with Crippen molar-refractivity contribution in [3.8, 4) is 0 Å². The maximum Gasteiger partial charge on any atom is 0.226 e. The van der Waals surface area contributed by atoms with Gasteiger partial charge in [0.05, 0.1) is 5.69 Å². The van der Waals surface area contributed by atoms with Gasteiger partial charge in [-0.2, -0.15) is 0 Å². The molecule has 0 saturated carbocycles.